The highest BCUT2D eigenvalue weighted by atomic mass is 35.5. The zero-order valence-electron chi connectivity index (χ0n) is 11.5. The van der Waals surface area contributed by atoms with Crippen LogP contribution >= 0.6 is 11.6 Å². The molecule has 0 saturated carbocycles. The fourth-order valence-corrected chi connectivity index (χ4v) is 2.05. The third kappa shape index (κ3) is 3.61. The van der Waals surface area contributed by atoms with Gasteiger partial charge >= 0.3 is 0 Å². The summed E-state index contributed by atoms with van der Waals surface area (Å²) in [6, 6.07) is 5.88. The Hall–Kier alpha value is -1.74. The first-order valence-electron chi connectivity index (χ1n) is 6.15. The van der Waals surface area contributed by atoms with Crippen LogP contribution in [-0.4, -0.2) is 38.8 Å². The number of rotatable bonds is 3. The Morgan fingerprint density at radius 3 is 2.79 bits per heavy atom. The number of benzene rings is 1. The Balaban J connectivity index is 2.15. The molecule has 19 heavy (non-hydrogen) atoms. The van der Waals surface area contributed by atoms with Crippen molar-refractivity contribution >= 4 is 29.2 Å². The number of hydrogen-bond acceptors (Lipinski definition) is 3. The molecule has 1 aromatic carbocycles. The van der Waals surface area contributed by atoms with Crippen molar-refractivity contribution in [3.8, 4) is 0 Å². The molecule has 100 valence electrons. The highest BCUT2D eigenvalue weighted by molar-refractivity contribution is 6.33. The lowest BCUT2D eigenvalue weighted by Gasteiger charge is -2.17. The Morgan fingerprint density at radius 1 is 1.37 bits per heavy atom. The molecular weight excluding hydrogens is 258 g/mol. The van der Waals surface area contributed by atoms with Crippen molar-refractivity contribution in [3.05, 3.63) is 47.1 Å². The van der Waals surface area contributed by atoms with Gasteiger partial charge < -0.3 is 9.80 Å². The van der Waals surface area contributed by atoms with E-state index < -0.39 is 0 Å². The lowest BCUT2D eigenvalue weighted by atomic mass is 10.2. The maximum atomic E-state index is 6.24. The van der Waals surface area contributed by atoms with Gasteiger partial charge in [0.15, 0.2) is 0 Å². The summed E-state index contributed by atoms with van der Waals surface area (Å²) in [5.74, 6) is 0. The van der Waals surface area contributed by atoms with E-state index in [9.17, 15) is 0 Å². The molecule has 1 aliphatic rings. The van der Waals surface area contributed by atoms with Gasteiger partial charge in [0.2, 0.25) is 0 Å². The van der Waals surface area contributed by atoms with Crippen LogP contribution in [0.5, 0.6) is 0 Å². The zero-order valence-corrected chi connectivity index (χ0v) is 12.2. The molecule has 1 heterocycles. The van der Waals surface area contributed by atoms with Crippen molar-refractivity contribution in [2.75, 3.05) is 32.6 Å². The van der Waals surface area contributed by atoms with Gasteiger partial charge in [0.25, 0.3) is 0 Å². The van der Waals surface area contributed by atoms with Crippen LogP contribution in [-0.2, 0) is 0 Å². The van der Waals surface area contributed by atoms with Crippen molar-refractivity contribution < 1.29 is 0 Å². The van der Waals surface area contributed by atoms with Gasteiger partial charge in [-0.05, 0) is 36.0 Å². The third-order valence-corrected chi connectivity index (χ3v) is 3.20. The van der Waals surface area contributed by atoms with Crippen LogP contribution in [0.2, 0.25) is 5.02 Å². The second kappa shape index (κ2) is 5.93. The first-order valence-corrected chi connectivity index (χ1v) is 6.52. The summed E-state index contributed by atoms with van der Waals surface area (Å²) in [4.78, 5) is 8.59. The molecule has 1 aliphatic heterocycles. The molecule has 0 spiro atoms. The topological polar surface area (TPSA) is 18.8 Å². The van der Waals surface area contributed by atoms with E-state index in [2.05, 4.69) is 16.0 Å². The number of nitrogens with zero attached hydrogens (tertiary/aromatic N) is 3. The van der Waals surface area contributed by atoms with Gasteiger partial charge in [0.05, 0.1) is 10.7 Å². The molecule has 0 aliphatic carbocycles. The molecule has 0 bridgehead atoms. The van der Waals surface area contributed by atoms with Crippen molar-refractivity contribution in [1.29, 1.82) is 0 Å². The lowest BCUT2D eigenvalue weighted by Crippen LogP contribution is -2.17. The maximum absolute atomic E-state index is 6.24. The summed E-state index contributed by atoms with van der Waals surface area (Å²) in [5.41, 5.74) is 3.03. The van der Waals surface area contributed by atoms with Gasteiger partial charge in [-0.25, -0.2) is 0 Å². The Kier molecular flexibility index (Phi) is 4.27. The van der Waals surface area contributed by atoms with E-state index in [0.717, 1.165) is 23.5 Å². The van der Waals surface area contributed by atoms with Crippen molar-refractivity contribution in [3.63, 3.8) is 0 Å². The van der Waals surface area contributed by atoms with E-state index >= 15 is 0 Å². The standard InChI is InChI=1S/C15H18ClN3/c1-18(2)13-6-7-15(14(16)9-13)17-10-12-5-4-8-19(3)11-12/h4-10H,11H2,1-3H3. The second-order valence-corrected chi connectivity index (χ2v) is 5.19. The molecular formula is C15H18ClN3. The van der Waals surface area contributed by atoms with Gasteiger partial charge in [0, 0.05) is 39.6 Å². The summed E-state index contributed by atoms with van der Waals surface area (Å²) < 4.78 is 0. The molecule has 2 rings (SSSR count). The van der Waals surface area contributed by atoms with Crippen molar-refractivity contribution in [1.82, 2.24) is 4.90 Å². The molecule has 0 fully saturated rings. The van der Waals surface area contributed by atoms with Gasteiger partial charge in [-0.15, -0.1) is 0 Å². The largest absolute Gasteiger partial charge is 0.378 e. The molecule has 0 saturated heterocycles. The summed E-state index contributed by atoms with van der Waals surface area (Å²) in [5, 5.41) is 0.669. The average Bonchev–Trinajstić information content (AvgIpc) is 2.37. The number of likely N-dealkylation sites (N-methyl/N-ethyl adjacent to an activating group) is 1. The summed E-state index contributed by atoms with van der Waals surface area (Å²) in [6.07, 6.45) is 7.99. The van der Waals surface area contributed by atoms with E-state index in [1.54, 1.807) is 0 Å². The Morgan fingerprint density at radius 2 is 2.16 bits per heavy atom. The van der Waals surface area contributed by atoms with E-state index in [0.29, 0.717) is 5.02 Å². The molecule has 0 N–H and O–H groups in total. The van der Waals surface area contributed by atoms with Gasteiger partial charge in [-0.3, -0.25) is 4.99 Å². The van der Waals surface area contributed by atoms with E-state index in [-0.39, 0.29) is 0 Å². The van der Waals surface area contributed by atoms with E-state index in [1.165, 1.54) is 0 Å². The highest BCUT2D eigenvalue weighted by Gasteiger charge is 2.03. The van der Waals surface area contributed by atoms with Crippen LogP contribution in [0.3, 0.4) is 0 Å². The summed E-state index contributed by atoms with van der Waals surface area (Å²) >= 11 is 6.24. The molecule has 0 atom stereocenters. The minimum atomic E-state index is 0.669. The molecule has 1 aromatic rings. The van der Waals surface area contributed by atoms with Gasteiger partial charge in [-0.2, -0.15) is 0 Å². The molecule has 0 radical (unpaired) electrons. The maximum Gasteiger partial charge on any atom is 0.0817 e. The minimum absolute atomic E-state index is 0.669. The molecule has 3 nitrogen and oxygen atoms in total. The van der Waals surface area contributed by atoms with Gasteiger partial charge in [-0.1, -0.05) is 17.7 Å². The van der Waals surface area contributed by atoms with Crippen LogP contribution in [0.15, 0.2) is 47.1 Å². The van der Waals surface area contributed by atoms with E-state index in [4.69, 9.17) is 11.6 Å². The Bertz CT molecular complexity index is 544. The molecule has 4 heteroatoms. The van der Waals surface area contributed by atoms with Gasteiger partial charge in [0.1, 0.15) is 0 Å². The Labute approximate surface area is 119 Å². The number of aliphatic imine (C=N–C) groups is 1. The number of allylic oxidation sites excluding steroid dienone is 2. The summed E-state index contributed by atoms with van der Waals surface area (Å²) in [7, 11) is 6.02. The quantitative estimate of drug-likeness (QED) is 0.787. The second-order valence-electron chi connectivity index (χ2n) is 4.79. The normalized spacial score (nSPS) is 14.9. The third-order valence-electron chi connectivity index (χ3n) is 2.90. The predicted octanol–water partition coefficient (Wildman–Crippen LogP) is 3.49. The predicted molar refractivity (Wildman–Crippen MR) is 83.8 cm³/mol. The SMILES string of the molecule is CN1C=CC=C(C=Nc2ccc(N(C)C)cc2Cl)C1. The molecule has 0 unspecified atom stereocenters. The minimum Gasteiger partial charge on any atom is -0.378 e. The number of anilines is 1. The highest BCUT2D eigenvalue weighted by Crippen LogP contribution is 2.28. The van der Waals surface area contributed by atoms with E-state index in [1.807, 2.05) is 62.7 Å². The van der Waals surface area contributed by atoms with Crippen LogP contribution < -0.4 is 4.90 Å². The average molecular weight is 276 g/mol. The van der Waals surface area contributed by atoms with Crippen LogP contribution in [0.1, 0.15) is 0 Å². The monoisotopic (exact) mass is 275 g/mol. The molecule has 0 aromatic heterocycles. The van der Waals surface area contributed by atoms with Crippen LogP contribution in [0, 0.1) is 0 Å². The van der Waals surface area contributed by atoms with Crippen LogP contribution in [0.4, 0.5) is 11.4 Å². The fraction of sp³-hybridized carbons (Fsp3) is 0.267. The first-order chi connectivity index (χ1) is 9.06. The number of halogens is 1. The van der Waals surface area contributed by atoms with Crippen molar-refractivity contribution in [2.45, 2.75) is 0 Å². The molecule has 0 amide bonds. The fourth-order valence-electron chi connectivity index (χ4n) is 1.82. The lowest BCUT2D eigenvalue weighted by molar-refractivity contribution is 0.499. The smallest absolute Gasteiger partial charge is 0.0817 e. The number of hydrogen-bond donors (Lipinski definition) is 0. The van der Waals surface area contributed by atoms with Crippen LogP contribution in [0.25, 0.3) is 0 Å². The summed E-state index contributed by atoms with van der Waals surface area (Å²) in [6.45, 7) is 0.868. The van der Waals surface area contributed by atoms with Crippen molar-refractivity contribution in [2.24, 2.45) is 4.99 Å². The first kappa shape index (κ1) is 13.7. The zero-order chi connectivity index (χ0) is 13.8.